The van der Waals surface area contributed by atoms with Crippen LogP contribution in [-0.2, 0) is 4.74 Å². The van der Waals surface area contributed by atoms with Crippen LogP contribution in [0, 0.1) is 16.7 Å². The number of benzene rings is 1. The molecule has 2 N–H and O–H groups in total. The van der Waals surface area contributed by atoms with Gasteiger partial charge < -0.3 is 15.2 Å². The molecule has 0 amide bonds. The number of hydrogen-bond donors (Lipinski definition) is 1. The molecule has 0 atom stereocenters. The SMILES string of the molecule is CCOC(=O)c1ccc(N)cc1OCC1(CC#N)CC1. The summed E-state index contributed by atoms with van der Waals surface area (Å²) in [6.07, 6.45) is 2.44. The molecule has 0 aromatic heterocycles. The van der Waals surface area contributed by atoms with Crippen molar-refractivity contribution in [3.05, 3.63) is 23.8 Å². The van der Waals surface area contributed by atoms with E-state index in [0.717, 1.165) is 12.8 Å². The third-order valence-electron chi connectivity index (χ3n) is 3.45. The summed E-state index contributed by atoms with van der Waals surface area (Å²) in [7, 11) is 0. The number of esters is 1. The van der Waals surface area contributed by atoms with E-state index >= 15 is 0 Å². The molecule has 0 spiro atoms. The lowest BCUT2D eigenvalue weighted by Gasteiger charge is -2.15. The first kappa shape index (κ1) is 14.2. The third kappa shape index (κ3) is 3.21. The zero-order chi connectivity index (χ0) is 14.6. The van der Waals surface area contributed by atoms with Crippen molar-refractivity contribution in [3.63, 3.8) is 0 Å². The minimum atomic E-state index is -0.423. The summed E-state index contributed by atoms with van der Waals surface area (Å²) in [4.78, 5) is 11.8. The number of nitrogens with zero attached hydrogens (tertiary/aromatic N) is 1. The first-order chi connectivity index (χ1) is 9.60. The molecule has 0 unspecified atom stereocenters. The molecule has 106 valence electrons. The maximum atomic E-state index is 11.8. The third-order valence-corrected chi connectivity index (χ3v) is 3.45. The summed E-state index contributed by atoms with van der Waals surface area (Å²) in [6, 6.07) is 7.04. The maximum Gasteiger partial charge on any atom is 0.341 e. The zero-order valence-electron chi connectivity index (χ0n) is 11.5. The van der Waals surface area contributed by atoms with Crippen molar-refractivity contribution in [1.82, 2.24) is 0 Å². The van der Waals surface area contributed by atoms with Crippen molar-refractivity contribution in [2.45, 2.75) is 26.2 Å². The Morgan fingerprint density at radius 1 is 1.50 bits per heavy atom. The Balaban J connectivity index is 2.12. The van der Waals surface area contributed by atoms with E-state index in [1.54, 1.807) is 25.1 Å². The fourth-order valence-electron chi connectivity index (χ4n) is 1.98. The highest BCUT2D eigenvalue weighted by Gasteiger charge is 2.43. The van der Waals surface area contributed by atoms with Crippen LogP contribution in [0.15, 0.2) is 18.2 Å². The largest absolute Gasteiger partial charge is 0.492 e. The van der Waals surface area contributed by atoms with Crippen molar-refractivity contribution in [3.8, 4) is 11.8 Å². The lowest BCUT2D eigenvalue weighted by atomic mass is 10.1. The summed E-state index contributed by atoms with van der Waals surface area (Å²) in [6.45, 7) is 2.49. The molecule has 1 saturated carbocycles. The molecular weight excluding hydrogens is 256 g/mol. The van der Waals surface area contributed by atoms with Crippen LogP contribution >= 0.6 is 0 Å². The van der Waals surface area contributed by atoms with Crippen LogP contribution in [0.4, 0.5) is 5.69 Å². The van der Waals surface area contributed by atoms with E-state index in [0.29, 0.717) is 36.6 Å². The smallest absolute Gasteiger partial charge is 0.341 e. The van der Waals surface area contributed by atoms with E-state index in [4.69, 9.17) is 20.5 Å². The molecule has 0 bridgehead atoms. The topological polar surface area (TPSA) is 85.3 Å². The molecule has 1 fully saturated rings. The van der Waals surface area contributed by atoms with Gasteiger partial charge in [0.1, 0.15) is 11.3 Å². The summed E-state index contributed by atoms with van der Waals surface area (Å²) in [5, 5.41) is 8.80. The zero-order valence-corrected chi connectivity index (χ0v) is 11.5. The van der Waals surface area contributed by atoms with Crippen LogP contribution in [0.2, 0.25) is 0 Å². The first-order valence-corrected chi connectivity index (χ1v) is 6.66. The van der Waals surface area contributed by atoms with Crippen molar-refractivity contribution in [1.29, 1.82) is 5.26 Å². The Labute approximate surface area is 118 Å². The van der Waals surface area contributed by atoms with Gasteiger partial charge in [-0.3, -0.25) is 0 Å². The standard InChI is InChI=1S/C15H18N2O3/c1-2-19-14(18)12-4-3-11(17)9-13(12)20-10-15(5-6-15)7-8-16/h3-4,9H,2,5-7,10,17H2,1H3. The highest BCUT2D eigenvalue weighted by molar-refractivity contribution is 5.93. The van der Waals surface area contributed by atoms with Gasteiger partial charge >= 0.3 is 5.97 Å². The van der Waals surface area contributed by atoms with Gasteiger partial charge in [-0.05, 0) is 31.9 Å². The summed E-state index contributed by atoms with van der Waals surface area (Å²) in [5.41, 5.74) is 6.58. The predicted octanol–water partition coefficient (Wildman–Crippen LogP) is 2.52. The number of ether oxygens (including phenoxy) is 2. The highest BCUT2D eigenvalue weighted by Crippen LogP contribution is 2.48. The van der Waals surface area contributed by atoms with Gasteiger partial charge in [-0.2, -0.15) is 5.26 Å². The Morgan fingerprint density at radius 2 is 2.25 bits per heavy atom. The molecule has 5 heteroatoms. The minimum Gasteiger partial charge on any atom is -0.492 e. The highest BCUT2D eigenvalue weighted by atomic mass is 16.5. The van der Waals surface area contributed by atoms with Gasteiger partial charge in [0.25, 0.3) is 0 Å². The minimum absolute atomic E-state index is 0.0503. The fourth-order valence-corrected chi connectivity index (χ4v) is 1.98. The van der Waals surface area contributed by atoms with Gasteiger partial charge in [0.2, 0.25) is 0 Å². The first-order valence-electron chi connectivity index (χ1n) is 6.66. The van der Waals surface area contributed by atoms with Crippen LogP contribution in [0.1, 0.15) is 36.5 Å². The van der Waals surface area contributed by atoms with Crippen LogP contribution in [0.25, 0.3) is 0 Å². The fraction of sp³-hybridized carbons (Fsp3) is 0.467. The lowest BCUT2D eigenvalue weighted by molar-refractivity contribution is 0.0520. The van der Waals surface area contributed by atoms with Gasteiger partial charge in [0.05, 0.1) is 19.3 Å². The number of carbonyl (C=O) groups excluding carboxylic acids is 1. The second-order valence-corrected chi connectivity index (χ2v) is 5.10. The van der Waals surface area contributed by atoms with Gasteiger partial charge in [-0.15, -0.1) is 0 Å². The molecule has 1 aliphatic carbocycles. The Kier molecular flexibility index (Phi) is 4.14. The van der Waals surface area contributed by atoms with E-state index in [-0.39, 0.29) is 5.41 Å². The van der Waals surface area contributed by atoms with Crippen LogP contribution in [0.5, 0.6) is 5.75 Å². The number of nitrogen functional groups attached to an aromatic ring is 1. The van der Waals surface area contributed by atoms with E-state index in [1.807, 2.05) is 0 Å². The van der Waals surface area contributed by atoms with Crippen LogP contribution in [-0.4, -0.2) is 19.2 Å². The molecule has 0 aliphatic heterocycles. The normalized spacial score (nSPS) is 15.2. The number of rotatable bonds is 6. The summed E-state index contributed by atoms with van der Waals surface area (Å²) in [5.74, 6) is 0.000273. The van der Waals surface area contributed by atoms with E-state index < -0.39 is 5.97 Å². The van der Waals surface area contributed by atoms with Crippen molar-refractivity contribution in [2.24, 2.45) is 5.41 Å². The number of carbonyl (C=O) groups is 1. The number of hydrogen-bond acceptors (Lipinski definition) is 5. The molecule has 1 aromatic rings. The van der Waals surface area contributed by atoms with Crippen molar-refractivity contribution >= 4 is 11.7 Å². The Bertz CT molecular complexity index is 545. The number of anilines is 1. The van der Waals surface area contributed by atoms with E-state index in [2.05, 4.69) is 6.07 Å². The lowest BCUT2D eigenvalue weighted by Crippen LogP contribution is -2.15. The maximum absolute atomic E-state index is 11.8. The monoisotopic (exact) mass is 274 g/mol. The van der Waals surface area contributed by atoms with Gasteiger partial charge in [-0.25, -0.2) is 4.79 Å². The molecular formula is C15H18N2O3. The average molecular weight is 274 g/mol. The molecule has 20 heavy (non-hydrogen) atoms. The second-order valence-electron chi connectivity index (χ2n) is 5.10. The molecule has 1 aromatic carbocycles. The van der Waals surface area contributed by atoms with Crippen molar-refractivity contribution in [2.75, 3.05) is 18.9 Å². The second kappa shape index (κ2) is 5.83. The van der Waals surface area contributed by atoms with Gasteiger partial charge in [0.15, 0.2) is 0 Å². The van der Waals surface area contributed by atoms with Gasteiger partial charge in [-0.1, -0.05) is 0 Å². The van der Waals surface area contributed by atoms with Crippen molar-refractivity contribution < 1.29 is 14.3 Å². The van der Waals surface area contributed by atoms with Crippen LogP contribution < -0.4 is 10.5 Å². The molecule has 5 nitrogen and oxygen atoms in total. The summed E-state index contributed by atoms with van der Waals surface area (Å²) < 4.78 is 10.7. The van der Waals surface area contributed by atoms with E-state index in [9.17, 15) is 4.79 Å². The molecule has 0 radical (unpaired) electrons. The molecule has 1 aliphatic rings. The molecule has 0 heterocycles. The number of nitrogens with two attached hydrogens (primary N) is 1. The van der Waals surface area contributed by atoms with E-state index in [1.165, 1.54) is 0 Å². The molecule has 0 saturated heterocycles. The summed E-state index contributed by atoms with van der Waals surface area (Å²) >= 11 is 0. The van der Waals surface area contributed by atoms with Gasteiger partial charge in [0, 0.05) is 23.6 Å². The predicted molar refractivity (Wildman–Crippen MR) is 74.2 cm³/mol. The average Bonchev–Trinajstić information content (AvgIpc) is 3.17. The molecule has 2 rings (SSSR count). The number of nitriles is 1. The Morgan fingerprint density at radius 3 is 2.85 bits per heavy atom. The van der Waals surface area contributed by atoms with Crippen LogP contribution in [0.3, 0.4) is 0 Å². The quantitative estimate of drug-likeness (QED) is 0.636. The Hall–Kier alpha value is -2.22.